The Hall–Kier alpha value is -2.59. The van der Waals surface area contributed by atoms with E-state index in [1.807, 2.05) is 62.7 Å². The van der Waals surface area contributed by atoms with E-state index >= 15 is 0 Å². The smallest absolute Gasteiger partial charge is 0.399 e. The van der Waals surface area contributed by atoms with Crippen LogP contribution in [-0.4, -0.2) is 53.3 Å². The average Bonchev–Trinajstić information content (AvgIpc) is 3.29. The van der Waals surface area contributed by atoms with Gasteiger partial charge in [0.05, 0.1) is 16.9 Å². The molecule has 1 saturated heterocycles. The molecule has 1 aliphatic heterocycles. The van der Waals surface area contributed by atoms with Gasteiger partial charge in [0.25, 0.3) is 0 Å². The molecule has 38 heavy (non-hydrogen) atoms. The van der Waals surface area contributed by atoms with Crippen LogP contribution in [-0.2, 0) is 32.0 Å². The predicted octanol–water partition coefficient (Wildman–Crippen LogP) is 5.40. The first-order chi connectivity index (χ1) is 17.7. The molecule has 0 atom stereocenters. The zero-order valence-corrected chi connectivity index (χ0v) is 25.1. The molecule has 3 heterocycles. The van der Waals surface area contributed by atoms with Crippen molar-refractivity contribution in [2.24, 2.45) is 0 Å². The molecule has 3 aromatic rings. The van der Waals surface area contributed by atoms with E-state index in [2.05, 4.69) is 31.2 Å². The zero-order valence-electron chi connectivity index (χ0n) is 24.1. The number of aromatic nitrogens is 3. The number of hydrogen-bond donors (Lipinski definition) is 0. The summed E-state index contributed by atoms with van der Waals surface area (Å²) < 4.78 is 21.0. The summed E-state index contributed by atoms with van der Waals surface area (Å²) in [6, 6.07) is 9.02. The fourth-order valence-electron chi connectivity index (χ4n) is 4.33. The number of rotatable bonds is 10. The van der Waals surface area contributed by atoms with E-state index in [1.54, 1.807) is 13.3 Å². The molecule has 7 nitrogen and oxygen atoms in total. The van der Waals surface area contributed by atoms with Gasteiger partial charge in [-0.2, -0.15) is 0 Å². The third-order valence-corrected chi connectivity index (χ3v) is 9.16. The third kappa shape index (κ3) is 6.01. The molecule has 0 unspecified atom stereocenters. The first-order valence-electron chi connectivity index (χ1n) is 13.2. The van der Waals surface area contributed by atoms with E-state index in [9.17, 15) is 4.79 Å². The first-order valence-corrected chi connectivity index (χ1v) is 16.9. The molecule has 4 rings (SSSR count). The van der Waals surface area contributed by atoms with E-state index < -0.39 is 26.4 Å². The number of Topliss-reactive ketones (excluding diaryl/α,β-unsaturated/α-hetero) is 1. The summed E-state index contributed by atoms with van der Waals surface area (Å²) in [7, 11) is -1.78. The van der Waals surface area contributed by atoms with E-state index in [0.717, 1.165) is 39.4 Å². The quantitative estimate of drug-likeness (QED) is 0.197. The van der Waals surface area contributed by atoms with Crippen molar-refractivity contribution in [1.29, 1.82) is 0 Å². The van der Waals surface area contributed by atoms with Crippen LogP contribution in [0.4, 0.5) is 0 Å². The molecule has 2 aromatic heterocycles. The molecular formula is C29H40BN3O4Si. The van der Waals surface area contributed by atoms with Gasteiger partial charge in [-0.15, -0.1) is 0 Å². The van der Waals surface area contributed by atoms with Gasteiger partial charge >= 0.3 is 7.12 Å². The number of carbonyl (C=O) groups excluding carboxylic acids is 1. The molecule has 0 spiro atoms. The Bertz CT molecular complexity index is 1340. The van der Waals surface area contributed by atoms with Crippen molar-refractivity contribution in [2.75, 3.05) is 6.61 Å². The number of hydrogen-bond acceptors (Lipinski definition) is 6. The number of nitrogens with zero attached hydrogens (tertiary/aromatic N) is 3. The normalized spacial score (nSPS) is 16.8. The van der Waals surface area contributed by atoms with E-state index in [1.165, 1.54) is 0 Å². The SMILES string of the molecule is C=C(C)C(=O)Cc1cccc(-c2ncnc3c2c(B2OC(C)(C)C(C)(C)O2)cn3COCC[Si](C)(C)C)c1. The van der Waals surface area contributed by atoms with Gasteiger partial charge in [0, 0.05) is 43.7 Å². The van der Waals surface area contributed by atoms with Crippen molar-refractivity contribution < 1.29 is 18.8 Å². The molecule has 1 fully saturated rings. The molecule has 1 aliphatic rings. The van der Waals surface area contributed by atoms with E-state index in [-0.39, 0.29) is 5.78 Å². The molecule has 9 heteroatoms. The summed E-state index contributed by atoms with van der Waals surface area (Å²) >= 11 is 0. The molecule has 0 bridgehead atoms. The zero-order chi connectivity index (χ0) is 27.9. The molecule has 0 N–H and O–H groups in total. The number of fused-ring (bicyclic) bond motifs is 1. The van der Waals surface area contributed by atoms with Crippen molar-refractivity contribution in [2.45, 2.75) is 84.7 Å². The van der Waals surface area contributed by atoms with Crippen LogP contribution in [0.25, 0.3) is 22.3 Å². The van der Waals surface area contributed by atoms with Gasteiger partial charge in [-0.3, -0.25) is 4.79 Å². The second kappa shape index (κ2) is 10.5. The third-order valence-electron chi connectivity index (χ3n) is 7.46. The highest BCUT2D eigenvalue weighted by molar-refractivity contribution is 6.76. The topological polar surface area (TPSA) is 75.5 Å². The van der Waals surface area contributed by atoms with Crippen LogP contribution in [0.5, 0.6) is 0 Å². The summed E-state index contributed by atoms with van der Waals surface area (Å²) in [6.07, 6.45) is 3.90. The molecular weight excluding hydrogens is 493 g/mol. The maximum atomic E-state index is 12.3. The minimum absolute atomic E-state index is 0.0227. The Morgan fingerprint density at radius 2 is 1.82 bits per heavy atom. The number of allylic oxidation sites excluding steroid dienone is 1. The summed E-state index contributed by atoms with van der Waals surface area (Å²) in [4.78, 5) is 21.7. The van der Waals surface area contributed by atoms with E-state index in [4.69, 9.17) is 19.0 Å². The fraction of sp³-hybridized carbons (Fsp3) is 0.483. The maximum Gasteiger partial charge on any atom is 0.497 e. The van der Waals surface area contributed by atoms with Gasteiger partial charge in [-0.1, -0.05) is 44.4 Å². The molecule has 0 saturated carbocycles. The summed E-state index contributed by atoms with van der Waals surface area (Å²) in [5, 5.41) is 0.864. The van der Waals surface area contributed by atoms with E-state index in [0.29, 0.717) is 25.3 Å². The molecule has 1 aromatic carbocycles. The largest absolute Gasteiger partial charge is 0.497 e. The lowest BCUT2D eigenvalue weighted by Crippen LogP contribution is -2.41. The lowest BCUT2D eigenvalue weighted by atomic mass is 9.78. The first kappa shape index (κ1) is 28.4. The lowest BCUT2D eigenvalue weighted by molar-refractivity contribution is -0.114. The number of carbonyl (C=O) groups is 1. The van der Waals surface area contributed by atoms with Crippen LogP contribution in [0.15, 0.2) is 48.9 Å². The summed E-state index contributed by atoms with van der Waals surface area (Å²) in [6.45, 7) is 21.8. The highest BCUT2D eigenvalue weighted by Gasteiger charge is 2.52. The van der Waals surface area contributed by atoms with Gasteiger partial charge in [-0.05, 0) is 57.9 Å². The maximum absolute atomic E-state index is 12.3. The monoisotopic (exact) mass is 533 g/mol. The Morgan fingerprint density at radius 3 is 2.45 bits per heavy atom. The minimum Gasteiger partial charge on any atom is -0.399 e. The number of ketones is 1. The molecule has 202 valence electrons. The molecule has 0 radical (unpaired) electrons. The molecule has 0 aliphatic carbocycles. The lowest BCUT2D eigenvalue weighted by Gasteiger charge is -2.32. The number of ether oxygens (including phenoxy) is 1. The summed E-state index contributed by atoms with van der Waals surface area (Å²) in [5.41, 5.74) is 3.78. The van der Waals surface area contributed by atoms with Gasteiger partial charge in [0.1, 0.15) is 18.7 Å². The minimum atomic E-state index is -1.20. The van der Waals surface area contributed by atoms with Crippen LogP contribution < -0.4 is 5.46 Å². The number of benzene rings is 1. The van der Waals surface area contributed by atoms with Crippen molar-refractivity contribution in [3.05, 3.63) is 54.5 Å². The van der Waals surface area contributed by atoms with Gasteiger partial charge in [0.15, 0.2) is 5.78 Å². The Morgan fingerprint density at radius 1 is 1.13 bits per heavy atom. The van der Waals surface area contributed by atoms with Crippen molar-refractivity contribution in [1.82, 2.24) is 14.5 Å². The Kier molecular flexibility index (Phi) is 7.87. The Labute approximate surface area is 227 Å². The van der Waals surface area contributed by atoms with Crippen molar-refractivity contribution in [3.8, 4) is 11.3 Å². The highest BCUT2D eigenvalue weighted by atomic mass is 28.3. The van der Waals surface area contributed by atoms with Gasteiger partial charge in [0.2, 0.25) is 0 Å². The van der Waals surface area contributed by atoms with Crippen molar-refractivity contribution in [3.63, 3.8) is 0 Å². The summed E-state index contributed by atoms with van der Waals surface area (Å²) in [5.74, 6) is 0.0227. The average molecular weight is 534 g/mol. The second-order valence-electron chi connectivity index (χ2n) is 12.5. The van der Waals surface area contributed by atoms with Crippen LogP contribution in [0, 0.1) is 0 Å². The standard InChI is InChI=1S/C29H40BN3O4Si/c1-20(2)24(34)16-21-11-10-12-22(15-21)26-25-23(30-36-28(3,4)29(5,6)37-30)17-33(27(25)32-18-31-26)19-35-13-14-38(7,8)9/h10-12,15,17-18H,1,13-14,16,19H2,2-9H3. The van der Waals surface area contributed by atoms with Gasteiger partial charge in [-0.25, -0.2) is 9.97 Å². The molecule has 0 amide bonds. The second-order valence-corrected chi connectivity index (χ2v) is 18.1. The predicted molar refractivity (Wildman–Crippen MR) is 156 cm³/mol. The van der Waals surface area contributed by atoms with Crippen molar-refractivity contribution >= 4 is 37.5 Å². The fourth-order valence-corrected chi connectivity index (χ4v) is 5.08. The van der Waals surface area contributed by atoms with Crippen LogP contribution in [0.3, 0.4) is 0 Å². The van der Waals surface area contributed by atoms with Crippen LogP contribution >= 0.6 is 0 Å². The van der Waals surface area contributed by atoms with Gasteiger partial charge < -0.3 is 18.6 Å². The Balaban J connectivity index is 1.78. The van der Waals surface area contributed by atoms with Crippen LogP contribution in [0.2, 0.25) is 25.7 Å². The highest BCUT2D eigenvalue weighted by Crippen LogP contribution is 2.38. The van der Waals surface area contributed by atoms with Crippen LogP contribution in [0.1, 0.15) is 40.2 Å².